The van der Waals surface area contributed by atoms with Gasteiger partial charge in [0.05, 0.1) is 13.0 Å². The number of hydrogen-bond acceptors (Lipinski definition) is 4. The molecule has 3 aliphatic rings. The Labute approximate surface area is 106 Å². The first-order chi connectivity index (χ1) is 8.78. The number of carbonyl (C=O) groups excluding carboxylic acids is 1. The first kappa shape index (κ1) is 11.5. The fraction of sp³-hybridized carbons (Fsp3) is 0.500. The lowest BCUT2D eigenvalue weighted by Gasteiger charge is -2.32. The number of nitrogens with one attached hydrogen (secondary N) is 1. The Morgan fingerprint density at radius 3 is 2.72 bits per heavy atom. The molecule has 4 nitrogen and oxygen atoms in total. The van der Waals surface area contributed by atoms with Gasteiger partial charge in [0, 0.05) is 6.04 Å². The standard InChI is InChI=1S/C14H17NO3/c1-17-11-4-2-9(3-5-11)8-18-14(16)13-10-6-12(13)15-7-10/h2-5,10,12-13,15H,6-8H2,1H3. The van der Waals surface area contributed by atoms with Crippen molar-refractivity contribution in [2.24, 2.45) is 11.8 Å². The number of fused-ring (bicyclic) bond motifs is 1. The van der Waals surface area contributed by atoms with Gasteiger partial charge in [-0.05, 0) is 36.6 Å². The fourth-order valence-corrected chi connectivity index (χ4v) is 2.80. The topological polar surface area (TPSA) is 47.6 Å². The van der Waals surface area contributed by atoms with Gasteiger partial charge in [0.2, 0.25) is 0 Å². The third-order valence-electron chi connectivity index (χ3n) is 3.95. The molecular formula is C14H17NO3. The van der Waals surface area contributed by atoms with Gasteiger partial charge in [0.25, 0.3) is 0 Å². The van der Waals surface area contributed by atoms with Gasteiger partial charge in [-0.25, -0.2) is 0 Å². The van der Waals surface area contributed by atoms with Crippen molar-refractivity contribution in [1.29, 1.82) is 0 Å². The summed E-state index contributed by atoms with van der Waals surface area (Å²) in [7, 11) is 1.63. The van der Waals surface area contributed by atoms with Crippen LogP contribution in [0.5, 0.6) is 5.75 Å². The van der Waals surface area contributed by atoms with Crippen LogP contribution >= 0.6 is 0 Å². The lowest BCUT2D eigenvalue weighted by Crippen LogP contribution is -2.43. The van der Waals surface area contributed by atoms with Crippen LogP contribution in [0.1, 0.15) is 12.0 Å². The Kier molecular flexibility index (Phi) is 2.96. The summed E-state index contributed by atoms with van der Waals surface area (Å²) in [6, 6.07) is 7.94. The predicted octanol–water partition coefficient (Wildman–Crippen LogP) is 1.35. The minimum Gasteiger partial charge on any atom is -0.497 e. The van der Waals surface area contributed by atoms with Crippen LogP contribution in [0.4, 0.5) is 0 Å². The zero-order valence-electron chi connectivity index (χ0n) is 10.4. The summed E-state index contributed by atoms with van der Waals surface area (Å²) in [6.45, 7) is 1.31. The second-order valence-corrected chi connectivity index (χ2v) is 4.99. The summed E-state index contributed by atoms with van der Waals surface area (Å²) in [5.41, 5.74) is 0.990. The second-order valence-electron chi connectivity index (χ2n) is 4.99. The van der Waals surface area contributed by atoms with E-state index >= 15 is 0 Å². The number of methoxy groups -OCH3 is 1. The van der Waals surface area contributed by atoms with Gasteiger partial charge < -0.3 is 14.8 Å². The first-order valence-corrected chi connectivity index (χ1v) is 6.31. The highest BCUT2D eigenvalue weighted by molar-refractivity contribution is 5.75. The van der Waals surface area contributed by atoms with Gasteiger partial charge in [-0.1, -0.05) is 12.1 Å². The first-order valence-electron chi connectivity index (χ1n) is 6.31. The van der Waals surface area contributed by atoms with Crippen LogP contribution in [0.25, 0.3) is 0 Å². The minimum absolute atomic E-state index is 0.0583. The molecule has 1 aromatic carbocycles. The van der Waals surface area contributed by atoms with E-state index in [0.717, 1.165) is 24.3 Å². The average Bonchev–Trinajstić information content (AvgIpc) is 3.00. The van der Waals surface area contributed by atoms with Crippen molar-refractivity contribution in [2.75, 3.05) is 13.7 Å². The zero-order chi connectivity index (χ0) is 12.5. The minimum atomic E-state index is -0.0583. The monoisotopic (exact) mass is 247 g/mol. The zero-order valence-corrected chi connectivity index (χ0v) is 10.4. The van der Waals surface area contributed by atoms with Crippen LogP contribution in [0.15, 0.2) is 24.3 Å². The number of ether oxygens (including phenoxy) is 2. The van der Waals surface area contributed by atoms with Crippen molar-refractivity contribution in [2.45, 2.75) is 19.1 Å². The molecule has 2 bridgehead atoms. The fourth-order valence-electron chi connectivity index (χ4n) is 2.80. The molecular weight excluding hydrogens is 230 g/mol. The molecule has 1 aliphatic carbocycles. The van der Waals surface area contributed by atoms with E-state index in [1.54, 1.807) is 7.11 Å². The van der Waals surface area contributed by atoms with Crippen LogP contribution in [0, 0.1) is 11.8 Å². The van der Waals surface area contributed by atoms with Crippen molar-refractivity contribution in [1.82, 2.24) is 5.32 Å². The molecule has 96 valence electrons. The molecule has 1 N–H and O–H groups in total. The Morgan fingerprint density at radius 2 is 2.17 bits per heavy atom. The van der Waals surface area contributed by atoms with Crippen LogP contribution in [0.2, 0.25) is 0 Å². The highest BCUT2D eigenvalue weighted by Gasteiger charge is 2.51. The lowest BCUT2D eigenvalue weighted by molar-refractivity contribution is -0.155. The molecule has 2 saturated heterocycles. The summed E-state index contributed by atoms with van der Waals surface area (Å²) >= 11 is 0. The van der Waals surface area contributed by atoms with Gasteiger partial charge in [0.15, 0.2) is 0 Å². The molecule has 3 unspecified atom stereocenters. The molecule has 3 atom stereocenters. The van der Waals surface area contributed by atoms with Crippen LogP contribution in [-0.2, 0) is 16.1 Å². The number of esters is 1. The maximum atomic E-state index is 11.9. The van der Waals surface area contributed by atoms with E-state index in [0.29, 0.717) is 18.6 Å². The predicted molar refractivity (Wildman–Crippen MR) is 66.2 cm³/mol. The molecule has 0 spiro atoms. The average molecular weight is 247 g/mol. The van der Waals surface area contributed by atoms with E-state index in [-0.39, 0.29) is 11.9 Å². The van der Waals surface area contributed by atoms with Crippen LogP contribution in [-0.4, -0.2) is 25.7 Å². The summed E-state index contributed by atoms with van der Waals surface area (Å²) in [5.74, 6) is 1.34. The Bertz CT molecular complexity index is 429. The van der Waals surface area contributed by atoms with Crippen LogP contribution < -0.4 is 10.1 Å². The van der Waals surface area contributed by atoms with E-state index in [4.69, 9.17) is 9.47 Å². The SMILES string of the molecule is COc1ccc(COC(=O)C2C3CNC2C3)cc1. The smallest absolute Gasteiger partial charge is 0.311 e. The van der Waals surface area contributed by atoms with E-state index in [1.165, 1.54) is 0 Å². The summed E-state index contributed by atoms with van der Waals surface area (Å²) in [6.07, 6.45) is 1.13. The Morgan fingerprint density at radius 1 is 1.39 bits per heavy atom. The van der Waals surface area contributed by atoms with E-state index in [1.807, 2.05) is 24.3 Å². The Hall–Kier alpha value is -1.55. The van der Waals surface area contributed by atoms with E-state index in [2.05, 4.69) is 5.32 Å². The molecule has 1 aromatic rings. The normalized spacial score (nSPS) is 28.6. The Balaban J connectivity index is 1.53. The molecule has 2 aliphatic heterocycles. The van der Waals surface area contributed by atoms with Crippen molar-refractivity contribution in [3.63, 3.8) is 0 Å². The molecule has 18 heavy (non-hydrogen) atoms. The van der Waals surface area contributed by atoms with Gasteiger partial charge in [-0.15, -0.1) is 0 Å². The second kappa shape index (κ2) is 4.61. The third kappa shape index (κ3) is 1.97. The quantitative estimate of drug-likeness (QED) is 0.816. The molecule has 1 saturated carbocycles. The molecule has 3 fully saturated rings. The highest BCUT2D eigenvalue weighted by Crippen LogP contribution is 2.40. The van der Waals surface area contributed by atoms with Gasteiger partial charge in [-0.3, -0.25) is 4.79 Å². The van der Waals surface area contributed by atoms with E-state index in [9.17, 15) is 4.79 Å². The maximum absolute atomic E-state index is 11.9. The molecule has 2 heterocycles. The van der Waals surface area contributed by atoms with Crippen molar-refractivity contribution < 1.29 is 14.3 Å². The van der Waals surface area contributed by atoms with E-state index < -0.39 is 0 Å². The summed E-state index contributed by atoms with van der Waals surface area (Å²) in [5, 5.41) is 3.32. The van der Waals surface area contributed by atoms with Crippen molar-refractivity contribution in [3.05, 3.63) is 29.8 Å². The number of benzene rings is 1. The summed E-state index contributed by atoms with van der Waals surface area (Å²) < 4.78 is 10.4. The third-order valence-corrected chi connectivity index (χ3v) is 3.95. The maximum Gasteiger partial charge on any atom is 0.311 e. The van der Waals surface area contributed by atoms with Crippen molar-refractivity contribution >= 4 is 5.97 Å². The molecule has 4 heteroatoms. The lowest BCUT2D eigenvalue weighted by atomic mass is 9.74. The van der Waals surface area contributed by atoms with Gasteiger partial charge >= 0.3 is 5.97 Å². The summed E-state index contributed by atoms with van der Waals surface area (Å²) in [4.78, 5) is 11.9. The number of rotatable bonds is 4. The van der Waals surface area contributed by atoms with Crippen LogP contribution in [0.3, 0.4) is 0 Å². The molecule has 0 amide bonds. The largest absolute Gasteiger partial charge is 0.497 e. The number of carbonyl (C=O) groups is 1. The highest BCUT2D eigenvalue weighted by atomic mass is 16.5. The molecule has 0 radical (unpaired) electrons. The molecule has 0 aromatic heterocycles. The van der Waals surface area contributed by atoms with Gasteiger partial charge in [-0.2, -0.15) is 0 Å². The van der Waals surface area contributed by atoms with Gasteiger partial charge in [0.1, 0.15) is 12.4 Å². The molecule has 4 rings (SSSR count). The van der Waals surface area contributed by atoms with Crippen molar-refractivity contribution in [3.8, 4) is 5.75 Å². The number of hydrogen-bond donors (Lipinski definition) is 1.